The van der Waals surface area contributed by atoms with Gasteiger partial charge in [0.25, 0.3) is 0 Å². The summed E-state index contributed by atoms with van der Waals surface area (Å²) < 4.78 is 5.30. The van der Waals surface area contributed by atoms with Crippen molar-refractivity contribution in [3.05, 3.63) is 11.2 Å². The van der Waals surface area contributed by atoms with Crippen molar-refractivity contribution in [2.45, 2.75) is 0 Å². The van der Waals surface area contributed by atoms with E-state index in [2.05, 4.69) is 20.4 Å². The minimum atomic E-state index is 0.528. The fourth-order valence-corrected chi connectivity index (χ4v) is 1.96. The van der Waals surface area contributed by atoms with E-state index in [1.54, 1.807) is 6.20 Å². The van der Waals surface area contributed by atoms with Gasteiger partial charge in [-0.15, -0.1) is 5.10 Å². The Labute approximate surface area is 105 Å². The molecule has 2 heterocycles. The van der Waals surface area contributed by atoms with E-state index in [4.69, 9.17) is 22.1 Å². The Balaban J connectivity index is 2.15. The summed E-state index contributed by atoms with van der Waals surface area (Å²) in [6.07, 6.45) is 1.68. The summed E-state index contributed by atoms with van der Waals surface area (Å²) >= 11 is 6.29. The molecule has 1 aromatic rings. The van der Waals surface area contributed by atoms with Crippen LogP contribution < -0.4 is 16.0 Å². The number of nitrogens with two attached hydrogens (primary N) is 1. The first-order valence-corrected chi connectivity index (χ1v) is 5.98. The molecule has 94 valence electrons. The maximum atomic E-state index is 6.29. The van der Waals surface area contributed by atoms with Gasteiger partial charge < -0.3 is 20.7 Å². The number of nitrogens with zero attached hydrogens (tertiary/aromatic N) is 3. The average Bonchev–Trinajstić information content (AvgIpc) is 2.39. The summed E-state index contributed by atoms with van der Waals surface area (Å²) in [6, 6.07) is 0. The highest BCUT2D eigenvalue weighted by molar-refractivity contribution is 6.35. The number of aromatic nitrogens is 2. The van der Waals surface area contributed by atoms with Gasteiger partial charge in [-0.05, 0) is 0 Å². The molecule has 7 heteroatoms. The Kier molecular flexibility index (Phi) is 4.36. The van der Waals surface area contributed by atoms with E-state index in [9.17, 15) is 0 Å². The highest BCUT2D eigenvalue weighted by atomic mass is 35.5. The van der Waals surface area contributed by atoms with Gasteiger partial charge in [-0.25, -0.2) is 0 Å². The zero-order valence-corrected chi connectivity index (χ0v) is 10.3. The van der Waals surface area contributed by atoms with Gasteiger partial charge in [0.1, 0.15) is 5.02 Å². The second-order valence-electron chi connectivity index (χ2n) is 3.71. The van der Waals surface area contributed by atoms with Crippen molar-refractivity contribution in [1.82, 2.24) is 10.2 Å². The number of nitrogens with one attached hydrogen (secondary N) is 1. The number of halogens is 1. The van der Waals surface area contributed by atoms with E-state index in [-0.39, 0.29) is 0 Å². The fourth-order valence-electron chi connectivity index (χ4n) is 1.69. The van der Waals surface area contributed by atoms with Crippen LogP contribution in [0.25, 0.3) is 0 Å². The van der Waals surface area contributed by atoms with Crippen molar-refractivity contribution < 1.29 is 4.74 Å². The molecule has 1 aliphatic heterocycles. The number of anilines is 2. The van der Waals surface area contributed by atoms with Crippen LogP contribution in [0.1, 0.15) is 0 Å². The third-order valence-electron chi connectivity index (χ3n) is 2.56. The Hall–Kier alpha value is -1.11. The molecule has 0 amide bonds. The Morgan fingerprint density at radius 2 is 2.24 bits per heavy atom. The van der Waals surface area contributed by atoms with Crippen LogP contribution in [0.15, 0.2) is 6.20 Å². The van der Waals surface area contributed by atoms with Crippen molar-refractivity contribution in [3.63, 3.8) is 0 Å². The minimum Gasteiger partial charge on any atom is -0.378 e. The maximum Gasteiger partial charge on any atom is 0.169 e. The number of hydrogen-bond donors (Lipinski definition) is 2. The lowest BCUT2D eigenvalue weighted by Gasteiger charge is -2.29. The molecule has 2 rings (SSSR count). The summed E-state index contributed by atoms with van der Waals surface area (Å²) in [7, 11) is 0. The number of ether oxygens (including phenoxy) is 1. The third kappa shape index (κ3) is 2.96. The van der Waals surface area contributed by atoms with E-state index in [1.807, 2.05) is 0 Å². The van der Waals surface area contributed by atoms with Gasteiger partial charge >= 0.3 is 0 Å². The molecule has 1 fully saturated rings. The zero-order chi connectivity index (χ0) is 12.1. The molecule has 0 saturated carbocycles. The fraction of sp³-hybridized carbons (Fsp3) is 0.600. The molecule has 1 saturated heterocycles. The lowest BCUT2D eigenvalue weighted by atomic mass is 10.3. The van der Waals surface area contributed by atoms with Crippen LogP contribution >= 0.6 is 11.6 Å². The molecule has 0 aromatic carbocycles. The molecule has 0 bridgehead atoms. The van der Waals surface area contributed by atoms with E-state index >= 15 is 0 Å². The summed E-state index contributed by atoms with van der Waals surface area (Å²) in [5.41, 5.74) is 6.32. The van der Waals surface area contributed by atoms with Gasteiger partial charge in [-0.1, -0.05) is 11.6 Å². The smallest absolute Gasteiger partial charge is 0.169 e. The largest absolute Gasteiger partial charge is 0.378 e. The second-order valence-corrected chi connectivity index (χ2v) is 4.09. The Bertz CT molecular complexity index is 370. The van der Waals surface area contributed by atoms with E-state index in [1.165, 1.54) is 0 Å². The van der Waals surface area contributed by atoms with E-state index in [0.717, 1.165) is 18.8 Å². The molecule has 0 atom stereocenters. The quantitative estimate of drug-likeness (QED) is 0.810. The van der Waals surface area contributed by atoms with E-state index in [0.29, 0.717) is 37.1 Å². The molecule has 0 spiro atoms. The number of rotatable bonds is 4. The molecule has 0 radical (unpaired) electrons. The molecule has 1 aliphatic rings. The van der Waals surface area contributed by atoms with E-state index < -0.39 is 0 Å². The van der Waals surface area contributed by atoms with Crippen molar-refractivity contribution in [1.29, 1.82) is 0 Å². The summed E-state index contributed by atoms with van der Waals surface area (Å²) in [5.74, 6) is 0.584. The molecule has 0 unspecified atom stereocenters. The minimum absolute atomic E-state index is 0.528. The highest BCUT2D eigenvalue weighted by Gasteiger charge is 2.17. The van der Waals surface area contributed by atoms with Crippen LogP contribution in [-0.2, 0) is 4.74 Å². The van der Waals surface area contributed by atoms with Crippen LogP contribution in [-0.4, -0.2) is 49.6 Å². The SMILES string of the molecule is NCCNc1nncc(N2CCOCC2)c1Cl. The highest BCUT2D eigenvalue weighted by Crippen LogP contribution is 2.30. The Morgan fingerprint density at radius 3 is 2.94 bits per heavy atom. The predicted octanol–water partition coefficient (Wildman–Crippen LogP) is 0.337. The summed E-state index contributed by atoms with van der Waals surface area (Å²) in [4.78, 5) is 2.15. The first-order chi connectivity index (χ1) is 8.33. The van der Waals surface area contributed by atoms with Crippen LogP contribution in [0.5, 0.6) is 0 Å². The molecule has 6 nitrogen and oxygen atoms in total. The molecule has 17 heavy (non-hydrogen) atoms. The monoisotopic (exact) mass is 257 g/mol. The first kappa shape index (κ1) is 12.3. The molecule has 1 aromatic heterocycles. The lowest BCUT2D eigenvalue weighted by molar-refractivity contribution is 0.122. The standard InChI is InChI=1S/C10H16ClN5O/c11-9-8(16-3-5-17-6-4-16)7-14-15-10(9)13-2-1-12/h7H,1-6,12H2,(H,13,15). The van der Waals surface area contributed by atoms with Crippen LogP contribution in [0.4, 0.5) is 11.5 Å². The van der Waals surface area contributed by atoms with Crippen LogP contribution in [0, 0.1) is 0 Å². The first-order valence-electron chi connectivity index (χ1n) is 5.60. The van der Waals surface area contributed by atoms with Gasteiger partial charge in [0.2, 0.25) is 0 Å². The third-order valence-corrected chi connectivity index (χ3v) is 2.93. The van der Waals surface area contributed by atoms with Crippen molar-refractivity contribution in [2.75, 3.05) is 49.6 Å². The molecular formula is C10H16ClN5O. The molecule has 3 N–H and O–H groups in total. The normalized spacial score (nSPS) is 16.0. The van der Waals surface area contributed by atoms with Crippen molar-refractivity contribution in [2.24, 2.45) is 5.73 Å². The number of hydrogen-bond acceptors (Lipinski definition) is 6. The maximum absolute atomic E-state index is 6.29. The molecular weight excluding hydrogens is 242 g/mol. The van der Waals surface area contributed by atoms with Gasteiger partial charge in [-0.3, -0.25) is 0 Å². The van der Waals surface area contributed by atoms with Crippen molar-refractivity contribution >= 4 is 23.1 Å². The summed E-state index contributed by atoms with van der Waals surface area (Å²) in [5, 5.41) is 11.6. The average molecular weight is 258 g/mol. The second kappa shape index (κ2) is 6.00. The van der Waals surface area contributed by atoms with Crippen molar-refractivity contribution in [3.8, 4) is 0 Å². The van der Waals surface area contributed by atoms with Crippen LogP contribution in [0.2, 0.25) is 5.02 Å². The number of morpholine rings is 1. The lowest BCUT2D eigenvalue weighted by Crippen LogP contribution is -2.36. The topological polar surface area (TPSA) is 76.3 Å². The molecule has 0 aliphatic carbocycles. The van der Waals surface area contributed by atoms with Gasteiger partial charge in [0, 0.05) is 26.2 Å². The van der Waals surface area contributed by atoms with Gasteiger partial charge in [0.15, 0.2) is 5.82 Å². The van der Waals surface area contributed by atoms with Crippen LogP contribution in [0.3, 0.4) is 0 Å². The predicted molar refractivity (Wildman–Crippen MR) is 67.6 cm³/mol. The van der Waals surface area contributed by atoms with Gasteiger partial charge in [-0.2, -0.15) is 5.10 Å². The Morgan fingerprint density at radius 1 is 1.47 bits per heavy atom. The summed E-state index contributed by atoms with van der Waals surface area (Å²) in [6.45, 7) is 4.22. The zero-order valence-electron chi connectivity index (χ0n) is 9.53. The van der Waals surface area contributed by atoms with Gasteiger partial charge in [0.05, 0.1) is 25.1 Å².